The lowest BCUT2D eigenvalue weighted by Crippen LogP contribution is -2.51. The zero-order chi connectivity index (χ0) is 30.2. The summed E-state index contributed by atoms with van der Waals surface area (Å²) in [4.78, 5) is 52.9. The molecular formula is C35H53NO6. The Bertz CT molecular complexity index is 1080. The first-order chi connectivity index (χ1) is 19.9. The molecule has 4 unspecified atom stereocenters. The maximum Gasteiger partial charge on any atom is 0.333 e. The van der Waals surface area contributed by atoms with Gasteiger partial charge in [-0.05, 0) is 91.3 Å². The molecule has 4 aliphatic carbocycles. The molecule has 4 fully saturated rings. The van der Waals surface area contributed by atoms with E-state index < -0.39 is 23.8 Å². The molecule has 2 amide bonds. The highest BCUT2D eigenvalue weighted by atomic mass is 16.7. The fourth-order valence-corrected chi connectivity index (χ4v) is 10.0. The number of ether oxygens (including phenoxy) is 1. The number of fused-ring (bicyclic) bond motifs is 5. The summed E-state index contributed by atoms with van der Waals surface area (Å²) in [6.45, 7) is 12.3. The molecule has 0 aromatic heterocycles. The van der Waals surface area contributed by atoms with Gasteiger partial charge < -0.3 is 9.57 Å². The van der Waals surface area contributed by atoms with Gasteiger partial charge in [-0.15, -0.1) is 5.06 Å². The van der Waals surface area contributed by atoms with Gasteiger partial charge in [0.2, 0.25) is 0 Å². The van der Waals surface area contributed by atoms with E-state index in [-0.39, 0.29) is 37.2 Å². The fourth-order valence-electron chi connectivity index (χ4n) is 10.0. The lowest BCUT2D eigenvalue weighted by Gasteiger charge is -2.58. The van der Waals surface area contributed by atoms with Crippen molar-refractivity contribution in [2.75, 3.05) is 0 Å². The van der Waals surface area contributed by atoms with Crippen molar-refractivity contribution < 1.29 is 28.8 Å². The lowest BCUT2D eigenvalue weighted by molar-refractivity contribution is -0.197. The van der Waals surface area contributed by atoms with Crippen LogP contribution in [0.5, 0.6) is 0 Å². The summed E-state index contributed by atoms with van der Waals surface area (Å²) >= 11 is 0. The van der Waals surface area contributed by atoms with E-state index in [0.29, 0.717) is 16.4 Å². The highest BCUT2D eigenvalue weighted by Gasteiger charge is 2.59. The van der Waals surface area contributed by atoms with Gasteiger partial charge in [0.15, 0.2) is 0 Å². The van der Waals surface area contributed by atoms with Gasteiger partial charge in [0, 0.05) is 19.3 Å². The number of nitrogens with zero attached hydrogens (tertiary/aromatic N) is 1. The smallest absolute Gasteiger partial charge is 0.333 e. The molecule has 1 heterocycles. The van der Waals surface area contributed by atoms with E-state index in [9.17, 15) is 19.2 Å². The van der Waals surface area contributed by atoms with E-state index >= 15 is 0 Å². The molecule has 0 aromatic carbocycles. The van der Waals surface area contributed by atoms with Crippen molar-refractivity contribution in [3.05, 3.63) is 11.6 Å². The third-order valence-electron chi connectivity index (χ3n) is 12.3. The number of rotatable bonds is 10. The summed E-state index contributed by atoms with van der Waals surface area (Å²) in [6, 6.07) is 0. The van der Waals surface area contributed by atoms with E-state index in [4.69, 9.17) is 9.57 Å². The Balaban J connectivity index is 1.14. The Morgan fingerprint density at radius 2 is 1.64 bits per heavy atom. The third-order valence-corrected chi connectivity index (χ3v) is 12.3. The van der Waals surface area contributed by atoms with E-state index in [0.717, 1.165) is 55.3 Å². The molecule has 1 saturated heterocycles. The Hall–Kier alpha value is -2.18. The first kappa shape index (κ1) is 31.3. The van der Waals surface area contributed by atoms with Crippen LogP contribution in [0.15, 0.2) is 11.6 Å². The first-order valence-corrected chi connectivity index (χ1v) is 16.9. The third kappa shape index (κ3) is 6.08. The van der Waals surface area contributed by atoms with Crippen molar-refractivity contribution in [3.8, 4) is 0 Å². The monoisotopic (exact) mass is 583 g/mol. The SMILES string of the molecule is CC(C)CCC[C@@H](C)[C@H]1CCC2C3CC=C4CC(OC(=O)CCC(=O)ON5C(=O)CCC5=O)CC[C@]4(C)C3CC[C@@]21C. The van der Waals surface area contributed by atoms with Gasteiger partial charge in [-0.2, -0.15) is 0 Å². The number of hydrogen-bond acceptors (Lipinski definition) is 6. The van der Waals surface area contributed by atoms with E-state index in [1.54, 1.807) is 0 Å². The number of carbonyl (C=O) groups is 4. The maximum atomic E-state index is 12.6. The molecule has 8 atom stereocenters. The minimum Gasteiger partial charge on any atom is -0.462 e. The second kappa shape index (κ2) is 12.4. The summed E-state index contributed by atoms with van der Waals surface area (Å²) in [7, 11) is 0. The number of allylic oxidation sites excluding steroid dienone is 1. The minimum atomic E-state index is -0.767. The van der Waals surface area contributed by atoms with Crippen molar-refractivity contribution in [2.45, 2.75) is 137 Å². The summed E-state index contributed by atoms with van der Waals surface area (Å²) in [5.41, 5.74) is 2.13. The van der Waals surface area contributed by atoms with Crippen molar-refractivity contribution >= 4 is 23.8 Å². The number of amides is 2. The molecule has 0 N–H and O–H groups in total. The normalized spacial score (nSPS) is 36.7. The molecule has 0 bridgehead atoms. The van der Waals surface area contributed by atoms with Crippen LogP contribution in [0.2, 0.25) is 0 Å². The minimum absolute atomic E-state index is 0.0461. The van der Waals surface area contributed by atoms with Crippen molar-refractivity contribution in [1.29, 1.82) is 0 Å². The van der Waals surface area contributed by atoms with E-state index in [2.05, 4.69) is 40.7 Å². The Labute approximate surface area is 252 Å². The zero-order valence-electron chi connectivity index (χ0n) is 26.6. The number of imide groups is 1. The first-order valence-electron chi connectivity index (χ1n) is 16.9. The topological polar surface area (TPSA) is 90.0 Å². The van der Waals surface area contributed by atoms with Crippen LogP contribution in [-0.4, -0.2) is 34.9 Å². The van der Waals surface area contributed by atoms with E-state index in [1.165, 1.54) is 50.5 Å². The summed E-state index contributed by atoms with van der Waals surface area (Å²) in [5.74, 6) is 2.54. The van der Waals surface area contributed by atoms with Crippen molar-refractivity contribution in [3.63, 3.8) is 0 Å². The fraction of sp³-hybridized carbons (Fsp3) is 0.829. The zero-order valence-corrected chi connectivity index (χ0v) is 26.6. The van der Waals surface area contributed by atoms with Crippen LogP contribution in [0.4, 0.5) is 0 Å². The molecular weight excluding hydrogens is 530 g/mol. The largest absolute Gasteiger partial charge is 0.462 e. The number of hydroxylamine groups is 2. The quantitative estimate of drug-likeness (QED) is 0.152. The molecule has 0 spiro atoms. The molecule has 0 aromatic rings. The van der Waals surface area contributed by atoms with Crippen molar-refractivity contribution in [2.24, 2.45) is 46.3 Å². The molecule has 7 heteroatoms. The summed E-state index contributed by atoms with van der Waals surface area (Å²) in [6.07, 6.45) is 15.5. The second-order valence-electron chi connectivity index (χ2n) is 15.2. The Morgan fingerprint density at radius 3 is 2.36 bits per heavy atom. The van der Waals surface area contributed by atoms with Crippen molar-refractivity contribution in [1.82, 2.24) is 5.06 Å². The number of carbonyl (C=O) groups excluding carboxylic acids is 4. The Kier molecular flexibility index (Phi) is 9.25. The molecule has 234 valence electrons. The molecule has 42 heavy (non-hydrogen) atoms. The number of esters is 1. The molecule has 5 rings (SSSR count). The molecule has 7 nitrogen and oxygen atoms in total. The van der Waals surface area contributed by atoms with Crippen LogP contribution >= 0.6 is 0 Å². The number of hydrogen-bond donors (Lipinski definition) is 0. The van der Waals surface area contributed by atoms with Gasteiger partial charge in [0.1, 0.15) is 6.10 Å². The second-order valence-corrected chi connectivity index (χ2v) is 15.2. The Morgan fingerprint density at radius 1 is 0.929 bits per heavy atom. The summed E-state index contributed by atoms with van der Waals surface area (Å²) < 4.78 is 5.82. The van der Waals surface area contributed by atoms with Crippen LogP contribution in [-0.2, 0) is 28.8 Å². The van der Waals surface area contributed by atoms with Crippen LogP contribution in [0.3, 0.4) is 0 Å². The molecule has 5 aliphatic rings. The predicted octanol–water partition coefficient (Wildman–Crippen LogP) is 7.33. The van der Waals surface area contributed by atoms with Gasteiger partial charge in [-0.3, -0.25) is 14.4 Å². The van der Waals surface area contributed by atoms with Gasteiger partial charge in [0.25, 0.3) is 11.8 Å². The maximum absolute atomic E-state index is 12.6. The lowest BCUT2D eigenvalue weighted by atomic mass is 9.47. The van der Waals surface area contributed by atoms with Crippen LogP contribution in [0.25, 0.3) is 0 Å². The highest BCUT2D eigenvalue weighted by molar-refractivity contribution is 6.01. The average molecular weight is 584 g/mol. The molecule has 0 radical (unpaired) electrons. The predicted molar refractivity (Wildman–Crippen MR) is 159 cm³/mol. The van der Waals surface area contributed by atoms with Crippen LogP contribution < -0.4 is 0 Å². The van der Waals surface area contributed by atoms with Crippen LogP contribution in [0.1, 0.15) is 131 Å². The van der Waals surface area contributed by atoms with Gasteiger partial charge >= 0.3 is 11.9 Å². The highest BCUT2D eigenvalue weighted by Crippen LogP contribution is 2.67. The average Bonchev–Trinajstić information content (AvgIpc) is 3.45. The standard InChI is InChI=1S/C35H53NO6/c1-22(2)7-6-8-23(3)27-11-12-28-26-10-9-24-21-25(17-19-34(24,4)29(26)18-20-35(27,28)5)41-32(39)15-16-33(40)42-36-30(37)13-14-31(36)38/h9,22-23,25-29H,6-8,10-21H2,1-5H3/t23-,25?,26?,27-,28?,29?,34+,35-/m1/s1. The van der Waals surface area contributed by atoms with Gasteiger partial charge in [0.05, 0.1) is 12.8 Å². The summed E-state index contributed by atoms with van der Waals surface area (Å²) in [5, 5.41) is 0.520. The van der Waals surface area contributed by atoms with Crippen LogP contribution in [0, 0.1) is 46.3 Å². The van der Waals surface area contributed by atoms with Gasteiger partial charge in [-0.1, -0.05) is 65.5 Å². The van der Waals surface area contributed by atoms with E-state index in [1.807, 2.05) is 0 Å². The molecule has 1 aliphatic heterocycles. The molecule has 3 saturated carbocycles. The van der Waals surface area contributed by atoms with Gasteiger partial charge in [-0.25, -0.2) is 4.79 Å².